The summed E-state index contributed by atoms with van der Waals surface area (Å²) >= 11 is 0. The van der Waals surface area contributed by atoms with E-state index in [4.69, 9.17) is 14.5 Å². The van der Waals surface area contributed by atoms with Gasteiger partial charge in [-0.25, -0.2) is 4.98 Å². The van der Waals surface area contributed by atoms with Crippen LogP contribution in [0, 0.1) is 6.92 Å². The molecule has 1 amide bonds. The third kappa shape index (κ3) is 4.67. The van der Waals surface area contributed by atoms with E-state index in [1.807, 2.05) is 49.4 Å². The van der Waals surface area contributed by atoms with Gasteiger partial charge in [0, 0.05) is 23.6 Å². The molecule has 0 bridgehead atoms. The molecule has 5 nitrogen and oxygen atoms in total. The van der Waals surface area contributed by atoms with Crippen molar-refractivity contribution >= 4 is 16.8 Å². The van der Waals surface area contributed by atoms with Crippen LogP contribution in [0.2, 0.25) is 0 Å². The Labute approximate surface area is 172 Å². The largest absolute Gasteiger partial charge is 0.497 e. The maximum absolute atomic E-state index is 13.0. The number of nitrogens with one attached hydrogen (secondary N) is 1. The number of hydrogen-bond acceptors (Lipinski definition) is 4. The van der Waals surface area contributed by atoms with Crippen LogP contribution >= 0.6 is 0 Å². The lowest BCUT2D eigenvalue weighted by molar-refractivity contribution is 0.0954. The summed E-state index contributed by atoms with van der Waals surface area (Å²) in [7, 11) is 3.23. The van der Waals surface area contributed by atoms with Crippen molar-refractivity contribution in [2.75, 3.05) is 20.8 Å². The van der Waals surface area contributed by atoms with Gasteiger partial charge in [-0.1, -0.05) is 31.4 Å². The fourth-order valence-corrected chi connectivity index (χ4v) is 3.35. The van der Waals surface area contributed by atoms with E-state index < -0.39 is 0 Å². The Bertz CT molecular complexity index is 1010. The van der Waals surface area contributed by atoms with Gasteiger partial charge in [0.25, 0.3) is 5.91 Å². The molecule has 0 atom stereocenters. The first-order valence-electron chi connectivity index (χ1n) is 9.99. The van der Waals surface area contributed by atoms with Gasteiger partial charge in [-0.05, 0) is 43.7 Å². The molecule has 1 N–H and O–H groups in total. The van der Waals surface area contributed by atoms with Crippen LogP contribution < -0.4 is 14.8 Å². The first kappa shape index (κ1) is 20.6. The number of rotatable bonds is 8. The predicted octanol–water partition coefficient (Wildman–Crippen LogP) is 5.15. The highest BCUT2D eigenvalue weighted by Gasteiger charge is 2.16. The maximum Gasteiger partial charge on any atom is 0.252 e. The van der Waals surface area contributed by atoms with Gasteiger partial charge in [-0.3, -0.25) is 4.79 Å². The molecule has 3 aromatic rings. The topological polar surface area (TPSA) is 60.5 Å². The van der Waals surface area contributed by atoms with Crippen LogP contribution in [0.1, 0.15) is 42.1 Å². The molecule has 3 rings (SSSR count). The fourth-order valence-electron chi connectivity index (χ4n) is 3.35. The van der Waals surface area contributed by atoms with Gasteiger partial charge in [0.05, 0.1) is 31.0 Å². The average Bonchev–Trinajstić information content (AvgIpc) is 2.75. The number of methoxy groups -OCH3 is 2. The number of aromatic nitrogens is 1. The van der Waals surface area contributed by atoms with Crippen LogP contribution in [0.25, 0.3) is 22.2 Å². The van der Waals surface area contributed by atoms with Crippen molar-refractivity contribution < 1.29 is 14.3 Å². The molecule has 5 heteroatoms. The van der Waals surface area contributed by atoms with E-state index in [0.717, 1.165) is 41.3 Å². The number of carbonyl (C=O) groups is 1. The van der Waals surface area contributed by atoms with Gasteiger partial charge in [0.15, 0.2) is 0 Å². The molecule has 1 heterocycles. The van der Waals surface area contributed by atoms with E-state index in [1.165, 1.54) is 0 Å². The summed E-state index contributed by atoms with van der Waals surface area (Å²) in [6.07, 6.45) is 3.20. The van der Waals surface area contributed by atoms with Gasteiger partial charge in [-0.15, -0.1) is 0 Å². The van der Waals surface area contributed by atoms with Crippen LogP contribution in [0.15, 0.2) is 42.5 Å². The number of carbonyl (C=O) groups excluding carboxylic acids is 1. The Kier molecular flexibility index (Phi) is 6.70. The Morgan fingerprint density at radius 3 is 2.59 bits per heavy atom. The molecule has 0 aliphatic carbocycles. The van der Waals surface area contributed by atoms with Crippen molar-refractivity contribution in [1.29, 1.82) is 0 Å². The number of nitrogens with zero attached hydrogens (tertiary/aromatic N) is 1. The van der Waals surface area contributed by atoms with Crippen molar-refractivity contribution in [3.8, 4) is 22.8 Å². The number of amides is 1. The lowest BCUT2D eigenvalue weighted by Gasteiger charge is -2.14. The Morgan fingerprint density at radius 2 is 1.86 bits per heavy atom. The number of pyridine rings is 1. The molecule has 29 heavy (non-hydrogen) atoms. The molecule has 0 fully saturated rings. The summed E-state index contributed by atoms with van der Waals surface area (Å²) in [6.45, 7) is 4.84. The van der Waals surface area contributed by atoms with Gasteiger partial charge in [0.1, 0.15) is 11.5 Å². The van der Waals surface area contributed by atoms with Crippen LogP contribution in [-0.2, 0) is 0 Å². The molecule has 0 saturated heterocycles. The quantitative estimate of drug-likeness (QED) is 0.539. The number of hydrogen-bond donors (Lipinski definition) is 1. The summed E-state index contributed by atoms with van der Waals surface area (Å²) in [5.41, 5.74) is 4.01. The monoisotopic (exact) mass is 392 g/mol. The smallest absolute Gasteiger partial charge is 0.252 e. The Balaban J connectivity index is 2.08. The highest BCUT2D eigenvalue weighted by molar-refractivity contribution is 6.07. The number of unbranched alkanes of at least 4 members (excludes halogenated alkanes) is 2. The van der Waals surface area contributed by atoms with Gasteiger partial charge < -0.3 is 14.8 Å². The molecule has 1 aromatic heterocycles. The third-order valence-corrected chi connectivity index (χ3v) is 4.96. The normalized spacial score (nSPS) is 10.8. The fraction of sp³-hybridized carbons (Fsp3) is 0.333. The molecule has 152 valence electrons. The van der Waals surface area contributed by atoms with E-state index >= 15 is 0 Å². The lowest BCUT2D eigenvalue weighted by Crippen LogP contribution is -2.24. The summed E-state index contributed by atoms with van der Waals surface area (Å²) in [5, 5.41) is 3.91. The van der Waals surface area contributed by atoms with E-state index in [-0.39, 0.29) is 5.91 Å². The summed E-state index contributed by atoms with van der Waals surface area (Å²) < 4.78 is 10.8. The van der Waals surface area contributed by atoms with Crippen LogP contribution in [0.4, 0.5) is 0 Å². The molecule has 0 aliphatic heterocycles. The van der Waals surface area contributed by atoms with Crippen LogP contribution in [-0.4, -0.2) is 31.7 Å². The van der Waals surface area contributed by atoms with Crippen molar-refractivity contribution in [3.63, 3.8) is 0 Å². The minimum absolute atomic E-state index is 0.0761. The lowest BCUT2D eigenvalue weighted by atomic mass is 10.0. The molecule has 0 spiro atoms. The zero-order valence-electron chi connectivity index (χ0n) is 17.5. The van der Waals surface area contributed by atoms with Crippen LogP contribution in [0.5, 0.6) is 11.5 Å². The van der Waals surface area contributed by atoms with E-state index in [2.05, 4.69) is 12.2 Å². The standard InChI is InChI=1S/C24H28N2O3/c1-5-6-7-12-25-24(27)20-15-22(26-21-11-8-16(2)13-19(20)21)18-10-9-17(28-3)14-23(18)29-4/h8-11,13-15H,5-7,12H2,1-4H3,(H,25,27). The molecular weight excluding hydrogens is 364 g/mol. The second-order valence-electron chi connectivity index (χ2n) is 7.10. The number of ether oxygens (including phenoxy) is 2. The predicted molar refractivity (Wildman–Crippen MR) is 117 cm³/mol. The third-order valence-electron chi connectivity index (χ3n) is 4.96. The number of aryl methyl sites for hydroxylation is 1. The van der Waals surface area contributed by atoms with Gasteiger partial charge in [0.2, 0.25) is 0 Å². The SMILES string of the molecule is CCCCCNC(=O)c1cc(-c2ccc(OC)cc2OC)nc2ccc(C)cc12. The molecule has 0 radical (unpaired) electrons. The zero-order valence-corrected chi connectivity index (χ0v) is 17.5. The van der Waals surface area contributed by atoms with E-state index in [0.29, 0.717) is 29.3 Å². The minimum atomic E-state index is -0.0761. The van der Waals surface area contributed by atoms with Crippen molar-refractivity contribution in [2.45, 2.75) is 33.1 Å². The molecule has 0 aliphatic rings. The minimum Gasteiger partial charge on any atom is -0.497 e. The van der Waals surface area contributed by atoms with Crippen LogP contribution in [0.3, 0.4) is 0 Å². The van der Waals surface area contributed by atoms with E-state index in [1.54, 1.807) is 14.2 Å². The molecular formula is C24H28N2O3. The summed E-state index contributed by atoms with van der Waals surface area (Å²) in [5.74, 6) is 1.28. The molecule has 2 aromatic carbocycles. The summed E-state index contributed by atoms with van der Waals surface area (Å²) in [4.78, 5) is 17.8. The van der Waals surface area contributed by atoms with Gasteiger partial charge in [-0.2, -0.15) is 0 Å². The zero-order chi connectivity index (χ0) is 20.8. The molecule has 0 saturated carbocycles. The molecule has 0 unspecified atom stereocenters. The first-order valence-corrected chi connectivity index (χ1v) is 9.99. The number of benzene rings is 2. The van der Waals surface area contributed by atoms with Crippen molar-refractivity contribution in [1.82, 2.24) is 10.3 Å². The van der Waals surface area contributed by atoms with E-state index in [9.17, 15) is 4.79 Å². The van der Waals surface area contributed by atoms with Gasteiger partial charge >= 0.3 is 0 Å². The number of fused-ring (bicyclic) bond motifs is 1. The Hall–Kier alpha value is -3.08. The Morgan fingerprint density at radius 1 is 1.03 bits per heavy atom. The van der Waals surface area contributed by atoms with Crippen molar-refractivity contribution in [2.24, 2.45) is 0 Å². The second kappa shape index (κ2) is 9.41. The maximum atomic E-state index is 13.0. The van der Waals surface area contributed by atoms with Crippen molar-refractivity contribution in [3.05, 3.63) is 53.6 Å². The first-order chi connectivity index (χ1) is 14.1. The average molecular weight is 392 g/mol. The summed E-state index contributed by atoms with van der Waals surface area (Å²) in [6, 6.07) is 13.4. The second-order valence-corrected chi connectivity index (χ2v) is 7.10. The highest BCUT2D eigenvalue weighted by atomic mass is 16.5. The highest BCUT2D eigenvalue weighted by Crippen LogP contribution is 2.34.